The zero-order chi connectivity index (χ0) is 15.8. The Hall–Kier alpha value is -1.18. The van der Waals surface area contributed by atoms with E-state index in [0.717, 1.165) is 42.9 Å². The molecule has 1 aliphatic rings. The molecule has 0 radical (unpaired) electrons. The van der Waals surface area contributed by atoms with Gasteiger partial charge in [-0.2, -0.15) is 0 Å². The minimum atomic E-state index is 0. The van der Waals surface area contributed by atoms with Crippen LogP contribution in [-0.4, -0.2) is 38.8 Å². The van der Waals surface area contributed by atoms with Gasteiger partial charge in [0.2, 0.25) is 0 Å². The molecule has 5 nitrogen and oxygen atoms in total. The number of hydrogen-bond donors (Lipinski definition) is 2. The van der Waals surface area contributed by atoms with Crippen LogP contribution in [0.5, 0.6) is 11.5 Å². The molecule has 1 fully saturated rings. The molecular weight excluding hydrogens is 405 g/mol. The first kappa shape index (κ1) is 19.9. The van der Waals surface area contributed by atoms with E-state index in [1.54, 1.807) is 7.11 Å². The van der Waals surface area contributed by atoms with Gasteiger partial charge in [0.1, 0.15) is 11.5 Å². The first-order valence-electron chi connectivity index (χ1n) is 8.04. The zero-order valence-corrected chi connectivity index (χ0v) is 16.5. The second-order valence-corrected chi connectivity index (χ2v) is 5.60. The third-order valence-electron chi connectivity index (χ3n) is 3.68. The molecule has 2 atom stereocenters. The van der Waals surface area contributed by atoms with Crippen molar-refractivity contribution in [2.75, 3.05) is 26.8 Å². The summed E-state index contributed by atoms with van der Waals surface area (Å²) in [5, 5.41) is 6.73. The summed E-state index contributed by atoms with van der Waals surface area (Å²) in [7, 11) is 1.66. The van der Waals surface area contributed by atoms with E-state index in [1.165, 1.54) is 6.42 Å². The number of nitrogens with zero attached hydrogens (tertiary/aromatic N) is 1. The van der Waals surface area contributed by atoms with Crippen molar-refractivity contribution in [2.24, 2.45) is 10.9 Å². The first-order valence-corrected chi connectivity index (χ1v) is 8.04. The van der Waals surface area contributed by atoms with Crippen LogP contribution in [0.4, 0.5) is 0 Å². The first-order chi connectivity index (χ1) is 10.7. The number of nitrogens with one attached hydrogen (secondary N) is 2. The van der Waals surface area contributed by atoms with Crippen molar-refractivity contribution in [1.29, 1.82) is 0 Å². The van der Waals surface area contributed by atoms with Crippen LogP contribution in [-0.2, 0) is 0 Å². The average molecular weight is 433 g/mol. The fraction of sp³-hybridized carbons (Fsp3) is 0.588. The molecule has 2 rings (SSSR count). The summed E-state index contributed by atoms with van der Waals surface area (Å²) in [5.74, 6) is 3.39. The molecule has 1 aromatic rings. The molecule has 1 aromatic carbocycles. The van der Waals surface area contributed by atoms with E-state index in [2.05, 4.69) is 29.5 Å². The lowest BCUT2D eigenvalue weighted by atomic mass is 10.3. The third kappa shape index (κ3) is 7.28. The molecule has 0 bridgehead atoms. The van der Waals surface area contributed by atoms with E-state index >= 15 is 0 Å². The number of benzene rings is 1. The second-order valence-electron chi connectivity index (χ2n) is 5.60. The molecule has 0 aromatic heterocycles. The average Bonchev–Trinajstić information content (AvgIpc) is 3.22. The van der Waals surface area contributed by atoms with Crippen molar-refractivity contribution in [2.45, 2.75) is 32.7 Å². The lowest BCUT2D eigenvalue weighted by molar-refractivity contribution is 0.312. The van der Waals surface area contributed by atoms with Gasteiger partial charge < -0.3 is 20.1 Å². The molecule has 1 aliphatic carbocycles. The van der Waals surface area contributed by atoms with Crippen LogP contribution in [0.25, 0.3) is 0 Å². The van der Waals surface area contributed by atoms with Gasteiger partial charge in [0.15, 0.2) is 5.96 Å². The van der Waals surface area contributed by atoms with Crippen molar-refractivity contribution >= 4 is 29.9 Å². The molecule has 0 heterocycles. The van der Waals surface area contributed by atoms with Crippen LogP contribution >= 0.6 is 24.0 Å². The van der Waals surface area contributed by atoms with Gasteiger partial charge >= 0.3 is 0 Å². The molecule has 2 N–H and O–H groups in total. The van der Waals surface area contributed by atoms with Crippen LogP contribution in [0.1, 0.15) is 26.7 Å². The second kappa shape index (κ2) is 10.6. The van der Waals surface area contributed by atoms with Gasteiger partial charge in [0.05, 0.1) is 13.7 Å². The standard InChI is InChI=1S/C17H27N3O2.HI/c1-4-18-17(20-16-12-13(16)2)19-10-5-11-22-15-8-6-14(21-3)7-9-15;/h6-9,13,16H,4-5,10-12H2,1-3H3,(H2,18,19,20);1H. The Morgan fingerprint density at radius 2 is 1.91 bits per heavy atom. The van der Waals surface area contributed by atoms with E-state index < -0.39 is 0 Å². The van der Waals surface area contributed by atoms with Crippen molar-refractivity contribution < 1.29 is 9.47 Å². The fourth-order valence-corrected chi connectivity index (χ4v) is 2.14. The summed E-state index contributed by atoms with van der Waals surface area (Å²) < 4.78 is 10.8. The van der Waals surface area contributed by atoms with Crippen molar-refractivity contribution in [1.82, 2.24) is 10.6 Å². The highest BCUT2D eigenvalue weighted by Crippen LogP contribution is 2.28. The molecule has 2 unspecified atom stereocenters. The predicted octanol–water partition coefficient (Wildman–Crippen LogP) is 3.05. The Balaban J connectivity index is 0.00000264. The zero-order valence-electron chi connectivity index (χ0n) is 14.2. The number of guanidine groups is 1. The number of aliphatic imine (C=N–C) groups is 1. The lowest BCUT2D eigenvalue weighted by Crippen LogP contribution is -2.39. The summed E-state index contributed by atoms with van der Waals surface area (Å²) in [6, 6.07) is 8.23. The van der Waals surface area contributed by atoms with Crippen LogP contribution in [0.3, 0.4) is 0 Å². The number of ether oxygens (including phenoxy) is 2. The van der Waals surface area contributed by atoms with Gasteiger partial charge in [-0.15, -0.1) is 24.0 Å². The van der Waals surface area contributed by atoms with Crippen LogP contribution < -0.4 is 20.1 Å². The Kier molecular flexibility index (Phi) is 9.13. The van der Waals surface area contributed by atoms with Crippen LogP contribution in [0, 0.1) is 5.92 Å². The van der Waals surface area contributed by atoms with E-state index in [4.69, 9.17) is 9.47 Å². The molecule has 0 spiro atoms. The highest BCUT2D eigenvalue weighted by molar-refractivity contribution is 14.0. The summed E-state index contributed by atoms with van der Waals surface area (Å²) in [6.45, 7) is 6.64. The normalized spacial score (nSPS) is 19.5. The van der Waals surface area contributed by atoms with E-state index in [1.807, 2.05) is 24.3 Å². The topological polar surface area (TPSA) is 54.9 Å². The Bertz CT molecular complexity index is 479. The lowest BCUT2D eigenvalue weighted by Gasteiger charge is -2.11. The van der Waals surface area contributed by atoms with Crippen molar-refractivity contribution in [3.05, 3.63) is 24.3 Å². The van der Waals surface area contributed by atoms with E-state index in [9.17, 15) is 0 Å². The molecular formula is C17H28IN3O2. The van der Waals surface area contributed by atoms with Crippen molar-refractivity contribution in [3.63, 3.8) is 0 Å². The quantitative estimate of drug-likeness (QED) is 0.287. The molecule has 0 saturated heterocycles. The van der Waals surface area contributed by atoms with E-state index in [-0.39, 0.29) is 24.0 Å². The van der Waals surface area contributed by atoms with Gasteiger partial charge in [-0.25, -0.2) is 0 Å². The SMILES string of the molecule is CCNC(=NCCCOc1ccc(OC)cc1)NC1CC1C.I. The molecule has 0 aliphatic heterocycles. The number of halogens is 1. The Morgan fingerprint density at radius 1 is 1.26 bits per heavy atom. The Morgan fingerprint density at radius 3 is 2.48 bits per heavy atom. The number of hydrogen-bond acceptors (Lipinski definition) is 3. The molecule has 23 heavy (non-hydrogen) atoms. The third-order valence-corrected chi connectivity index (χ3v) is 3.68. The number of rotatable bonds is 8. The smallest absolute Gasteiger partial charge is 0.191 e. The summed E-state index contributed by atoms with van der Waals surface area (Å²) >= 11 is 0. The largest absolute Gasteiger partial charge is 0.497 e. The highest BCUT2D eigenvalue weighted by Gasteiger charge is 2.33. The van der Waals surface area contributed by atoms with Crippen LogP contribution in [0.15, 0.2) is 29.3 Å². The molecule has 6 heteroatoms. The van der Waals surface area contributed by atoms with E-state index in [0.29, 0.717) is 12.6 Å². The fourth-order valence-electron chi connectivity index (χ4n) is 2.14. The maximum Gasteiger partial charge on any atom is 0.191 e. The Labute approximate surface area is 156 Å². The van der Waals surface area contributed by atoms with Gasteiger partial charge in [0.25, 0.3) is 0 Å². The minimum absolute atomic E-state index is 0. The maximum absolute atomic E-state index is 5.69. The monoisotopic (exact) mass is 433 g/mol. The number of methoxy groups -OCH3 is 1. The van der Waals surface area contributed by atoms with Crippen molar-refractivity contribution in [3.8, 4) is 11.5 Å². The van der Waals surface area contributed by atoms with Gasteiger partial charge in [-0.3, -0.25) is 4.99 Å². The minimum Gasteiger partial charge on any atom is -0.497 e. The summed E-state index contributed by atoms with van der Waals surface area (Å²) in [5.41, 5.74) is 0. The molecule has 130 valence electrons. The molecule has 0 amide bonds. The van der Waals surface area contributed by atoms with Gasteiger partial charge in [-0.05, 0) is 43.5 Å². The highest BCUT2D eigenvalue weighted by atomic mass is 127. The van der Waals surface area contributed by atoms with Gasteiger partial charge in [0, 0.05) is 25.6 Å². The van der Waals surface area contributed by atoms with Gasteiger partial charge in [-0.1, -0.05) is 6.92 Å². The molecule has 1 saturated carbocycles. The maximum atomic E-state index is 5.69. The summed E-state index contributed by atoms with van der Waals surface area (Å²) in [4.78, 5) is 4.58. The predicted molar refractivity (Wildman–Crippen MR) is 105 cm³/mol. The van der Waals surface area contributed by atoms with Crippen LogP contribution in [0.2, 0.25) is 0 Å². The summed E-state index contributed by atoms with van der Waals surface area (Å²) in [6.07, 6.45) is 2.13.